The molecule has 0 bridgehead atoms. The number of nitrogens with one attached hydrogen (secondary N) is 1. The number of cyclic esters (lactones) is 1. The van der Waals surface area contributed by atoms with Crippen LogP contribution in [0, 0.1) is 0 Å². The van der Waals surface area contributed by atoms with Crippen molar-refractivity contribution < 1.29 is 18.7 Å². The van der Waals surface area contributed by atoms with Gasteiger partial charge in [0.15, 0.2) is 0 Å². The van der Waals surface area contributed by atoms with E-state index in [0.717, 1.165) is 0 Å². The molecule has 0 spiro atoms. The summed E-state index contributed by atoms with van der Waals surface area (Å²) in [5, 5.41) is 3.34. The normalized spacial score (nSPS) is 17.3. The van der Waals surface area contributed by atoms with Crippen LogP contribution in [0.1, 0.15) is 16.8 Å². The van der Waals surface area contributed by atoms with Crippen molar-refractivity contribution in [1.29, 1.82) is 0 Å². The van der Waals surface area contributed by atoms with Gasteiger partial charge in [-0.3, -0.25) is 4.79 Å². The largest absolute Gasteiger partial charge is 0.444 e. The summed E-state index contributed by atoms with van der Waals surface area (Å²) in [4.78, 5) is 36.7. The number of hydrogen-bond donors (Lipinski definition) is 1. The molecule has 1 atom stereocenters. The first-order valence-electron chi connectivity index (χ1n) is 7.27. The summed E-state index contributed by atoms with van der Waals surface area (Å²) in [5.41, 5.74) is -0.271. The second kappa shape index (κ2) is 6.12. The van der Waals surface area contributed by atoms with Crippen LogP contribution in [0.4, 0.5) is 4.79 Å². The fourth-order valence-electron chi connectivity index (χ4n) is 2.46. The number of fused-ring (bicyclic) bond motifs is 1. The molecule has 2 aromatic rings. The van der Waals surface area contributed by atoms with Crippen LogP contribution < -0.4 is 10.9 Å². The molecule has 0 aliphatic carbocycles. The van der Waals surface area contributed by atoms with Gasteiger partial charge in [-0.15, -0.1) is 0 Å². The highest BCUT2D eigenvalue weighted by molar-refractivity contribution is 5.96. The van der Waals surface area contributed by atoms with Crippen LogP contribution in [0.15, 0.2) is 39.5 Å². The summed E-state index contributed by atoms with van der Waals surface area (Å²) < 4.78 is 10.2. The van der Waals surface area contributed by atoms with Gasteiger partial charge in [0, 0.05) is 25.4 Å². The lowest BCUT2D eigenvalue weighted by molar-refractivity contribution is 0.0940. The van der Waals surface area contributed by atoms with Gasteiger partial charge in [-0.25, -0.2) is 9.59 Å². The third-order valence-electron chi connectivity index (χ3n) is 3.69. The lowest BCUT2D eigenvalue weighted by Crippen LogP contribution is -2.31. The van der Waals surface area contributed by atoms with Crippen molar-refractivity contribution in [2.24, 2.45) is 0 Å². The molecule has 1 aromatic carbocycles. The first-order chi connectivity index (χ1) is 11.0. The first kappa shape index (κ1) is 15.1. The molecule has 3 rings (SSSR count). The molecule has 7 heteroatoms. The van der Waals surface area contributed by atoms with Gasteiger partial charge in [0.1, 0.15) is 17.3 Å². The molecular weight excluding hydrogens is 300 g/mol. The highest BCUT2D eigenvalue weighted by Gasteiger charge is 2.27. The number of para-hydroxylation sites is 1. The maximum Gasteiger partial charge on any atom is 0.409 e. The van der Waals surface area contributed by atoms with Crippen molar-refractivity contribution >= 4 is 23.0 Å². The molecule has 2 heterocycles. The average molecular weight is 316 g/mol. The van der Waals surface area contributed by atoms with E-state index in [1.807, 2.05) is 0 Å². The van der Waals surface area contributed by atoms with Gasteiger partial charge in [0.2, 0.25) is 0 Å². The predicted octanol–water partition coefficient (Wildman–Crippen LogP) is 1.36. The predicted molar refractivity (Wildman–Crippen MR) is 82.3 cm³/mol. The highest BCUT2D eigenvalue weighted by Crippen LogP contribution is 2.13. The Hall–Kier alpha value is -2.83. The van der Waals surface area contributed by atoms with Crippen LogP contribution in [-0.2, 0) is 4.74 Å². The summed E-state index contributed by atoms with van der Waals surface area (Å²) in [5.74, 6) is -0.498. The van der Waals surface area contributed by atoms with Crippen molar-refractivity contribution in [2.75, 3.05) is 20.1 Å². The molecule has 1 aromatic heterocycles. The molecular formula is C16H16N2O5. The van der Waals surface area contributed by atoms with E-state index >= 15 is 0 Å². The quantitative estimate of drug-likeness (QED) is 0.860. The monoisotopic (exact) mass is 316 g/mol. The van der Waals surface area contributed by atoms with E-state index in [-0.39, 0.29) is 17.8 Å². The van der Waals surface area contributed by atoms with E-state index in [9.17, 15) is 14.4 Å². The Labute approximate surface area is 131 Å². The van der Waals surface area contributed by atoms with Gasteiger partial charge in [-0.2, -0.15) is 0 Å². The van der Waals surface area contributed by atoms with Gasteiger partial charge in [0.25, 0.3) is 5.91 Å². The second-order valence-corrected chi connectivity index (χ2v) is 5.42. The van der Waals surface area contributed by atoms with Gasteiger partial charge >= 0.3 is 11.7 Å². The van der Waals surface area contributed by atoms with Crippen LogP contribution in [0.5, 0.6) is 0 Å². The standard InChI is InChI=1S/C16H16N2O5/c1-18-9-11(22-16(18)21)6-7-17-14(19)12-8-10-4-2-3-5-13(10)23-15(12)20/h2-5,8,11H,6-7,9H2,1H3,(H,17,19). The summed E-state index contributed by atoms with van der Waals surface area (Å²) in [6, 6.07) is 8.51. The maximum atomic E-state index is 12.1. The maximum absolute atomic E-state index is 12.1. The Bertz CT molecular complexity index is 813. The molecule has 120 valence electrons. The topological polar surface area (TPSA) is 88.8 Å². The molecule has 23 heavy (non-hydrogen) atoms. The summed E-state index contributed by atoms with van der Waals surface area (Å²) >= 11 is 0. The Morgan fingerprint density at radius 3 is 2.87 bits per heavy atom. The number of carbonyl (C=O) groups excluding carboxylic acids is 2. The van der Waals surface area contributed by atoms with Crippen molar-refractivity contribution in [3.8, 4) is 0 Å². The molecule has 0 saturated carbocycles. The number of likely N-dealkylation sites (N-methyl/N-ethyl adjacent to an activating group) is 1. The minimum absolute atomic E-state index is 0.0377. The van der Waals surface area contributed by atoms with Crippen LogP contribution >= 0.6 is 0 Å². The van der Waals surface area contributed by atoms with E-state index in [1.165, 1.54) is 11.0 Å². The Balaban J connectivity index is 1.63. The zero-order valence-corrected chi connectivity index (χ0v) is 12.6. The van der Waals surface area contributed by atoms with Crippen LogP contribution in [-0.4, -0.2) is 43.1 Å². The number of carbonyl (C=O) groups is 2. The van der Waals surface area contributed by atoms with Crippen molar-refractivity contribution in [3.05, 3.63) is 46.3 Å². The smallest absolute Gasteiger partial charge is 0.409 e. The average Bonchev–Trinajstić information content (AvgIpc) is 2.84. The fourth-order valence-corrected chi connectivity index (χ4v) is 2.46. The van der Waals surface area contributed by atoms with E-state index in [0.29, 0.717) is 30.5 Å². The molecule has 1 aliphatic rings. The fraction of sp³-hybridized carbons (Fsp3) is 0.312. The van der Waals surface area contributed by atoms with Crippen molar-refractivity contribution in [1.82, 2.24) is 10.2 Å². The van der Waals surface area contributed by atoms with E-state index in [1.54, 1.807) is 31.3 Å². The third-order valence-corrected chi connectivity index (χ3v) is 3.69. The molecule has 7 nitrogen and oxygen atoms in total. The van der Waals surface area contributed by atoms with Crippen LogP contribution in [0.25, 0.3) is 11.0 Å². The van der Waals surface area contributed by atoms with Gasteiger partial charge in [-0.05, 0) is 12.1 Å². The van der Waals surface area contributed by atoms with Gasteiger partial charge < -0.3 is 19.4 Å². The molecule has 1 aliphatic heterocycles. The van der Waals surface area contributed by atoms with Crippen molar-refractivity contribution in [3.63, 3.8) is 0 Å². The van der Waals surface area contributed by atoms with Gasteiger partial charge in [-0.1, -0.05) is 18.2 Å². The number of rotatable bonds is 4. The zero-order valence-electron chi connectivity index (χ0n) is 12.6. The second-order valence-electron chi connectivity index (χ2n) is 5.42. The van der Waals surface area contributed by atoms with E-state index in [4.69, 9.17) is 9.15 Å². The lowest BCUT2D eigenvalue weighted by atomic mass is 10.1. The minimum atomic E-state index is -0.673. The van der Waals surface area contributed by atoms with E-state index < -0.39 is 11.5 Å². The molecule has 1 unspecified atom stereocenters. The summed E-state index contributed by atoms with van der Waals surface area (Å²) in [6.07, 6.45) is -0.127. The first-order valence-corrected chi connectivity index (χ1v) is 7.27. The highest BCUT2D eigenvalue weighted by atomic mass is 16.6. The molecule has 1 N–H and O–H groups in total. The molecule has 1 saturated heterocycles. The third kappa shape index (κ3) is 3.18. The number of nitrogens with zero attached hydrogens (tertiary/aromatic N) is 1. The van der Waals surface area contributed by atoms with E-state index in [2.05, 4.69) is 5.32 Å². The Morgan fingerprint density at radius 2 is 2.13 bits per heavy atom. The molecule has 1 fully saturated rings. The molecule has 0 radical (unpaired) electrons. The van der Waals surface area contributed by atoms with Gasteiger partial charge in [0.05, 0.1) is 6.54 Å². The number of amides is 2. The summed E-state index contributed by atoms with van der Waals surface area (Å²) in [6.45, 7) is 0.795. The van der Waals surface area contributed by atoms with Crippen LogP contribution in [0.3, 0.4) is 0 Å². The number of benzene rings is 1. The van der Waals surface area contributed by atoms with Crippen molar-refractivity contribution in [2.45, 2.75) is 12.5 Å². The molecule has 2 amide bonds. The summed E-state index contributed by atoms with van der Waals surface area (Å²) in [7, 11) is 1.65. The lowest BCUT2D eigenvalue weighted by Gasteiger charge is -2.09. The minimum Gasteiger partial charge on any atom is -0.444 e. The number of hydrogen-bond acceptors (Lipinski definition) is 5. The Morgan fingerprint density at radius 1 is 1.35 bits per heavy atom. The van der Waals surface area contributed by atoms with Crippen LogP contribution in [0.2, 0.25) is 0 Å². The SMILES string of the molecule is CN1CC(CCNC(=O)c2cc3ccccc3oc2=O)OC1=O. The Kier molecular flexibility index (Phi) is 4.01. The number of ether oxygens (including phenoxy) is 1. The zero-order chi connectivity index (χ0) is 16.4.